The van der Waals surface area contributed by atoms with Gasteiger partial charge in [-0.3, -0.25) is 4.79 Å². The van der Waals surface area contributed by atoms with Gasteiger partial charge in [0.05, 0.1) is 11.7 Å². The maximum absolute atomic E-state index is 13.0. The van der Waals surface area contributed by atoms with Crippen molar-refractivity contribution >= 4 is 28.5 Å². The molecule has 2 heterocycles. The monoisotopic (exact) mass is 443 g/mol. The molecule has 1 aliphatic rings. The summed E-state index contributed by atoms with van der Waals surface area (Å²) >= 11 is 2.31. The summed E-state index contributed by atoms with van der Waals surface area (Å²) in [6, 6.07) is 18.2. The Labute approximate surface area is 160 Å². The first kappa shape index (κ1) is 16.3. The van der Waals surface area contributed by atoms with E-state index in [1.807, 2.05) is 41.4 Å². The minimum atomic E-state index is 0.105. The lowest BCUT2D eigenvalue weighted by atomic mass is 10.0. The van der Waals surface area contributed by atoms with Crippen LogP contribution in [0.1, 0.15) is 34.8 Å². The molecule has 4 rings (SSSR count). The van der Waals surface area contributed by atoms with E-state index in [0.717, 1.165) is 30.6 Å². The summed E-state index contributed by atoms with van der Waals surface area (Å²) in [5, 5.41) is 4.22. The third-order valence-corrected chi connectivity index (χ3v) is 5.37. The van der Waals surface area contributed by atoms with Gasteiger partial charge in [-0.2, -0.15) is 5.10 Å². The summed E-state index contributed by atoms with van der Waals surface area (Å²) < 4.78 is 3.00. The number of carbonyl (C=O) groups is 1. The molecule has 0 N–H and O–H groups in total. The Kier molecular flexibility index (Phi) is 4.57. The van der Waals surface area contributed by atoms with Crippen LogP contribution >= 0.6 is 22.6 Å². The molecule has 2 aromatic carbocycles. The van der Waals surface area contributed by atoms with Gasteiger partial charge >= 0.3 is 0 Å². The third kappa shape index (κ3) is 3.33. The Bertz CT molecular complexity index is 857. The zero-order valence-electron chi connectivity index (χ0n) is 13.7. The van der Waals surface area contributed by atoms with Crippen molar-refractivity contribution in [2.75, 3.05) is 6.54 Å². The Hall–Kier alpha value is -2.15. The predicted molar refractivity (Wildman–Crippen MR) is 106 cm³/mol. The van der Waals surface area contributed by atoms with Gasteiger partial charge in [0, 0.05) is 28.1 Å². The Morgan fingerprint density at radius 1 is 1.08 bits per heavy atom. The van der Waals surface area contributed by atoms with Gasteiger partial charge in [0.15, 0.2) is 0 Å². The second kappa shape index (κ2) is 7.00. The van der Waals surface area contributed by atoms with Crippen molar-refractivity contribution in [1.29, 1.82) is 0 Å². The maximum atomic E-state index is 13.0. The first-order valence-electron chi connectivity index (χ1n) is 8.39. The molecule has 1 fully saturated rings. The number of amides is 1. The topological polar surface area (TPSA) is 38.1 Å². The molecule has 1 saturated heterocycles. The normalized spacial score (nSPS) is 17.0. The first-order valence-corrected chi connectivity index (χ1v) is 9.47. The zero-order valence-corrected chi connectivity index (χ0v) is 15.8. The quantitative estimate of drug-likeness (QED) is 0.561. The summed E-state index contributed by atoms with van der Waals surface area (Å²) in [6.07, 6.45) is 5.71. The van der Waals surface area contributed by atoms with E-state index in [1.54, 1.807) is 10.9 Å². The van der Waals surface area contributed by atoms with Crippen LogP contribution in [0.15, 0.2) is 67.0 Å². The largest absolute Gasteiger partial charge is 0.332 e. The molecule has 1 atom stereocenters. The number of hydrogen-bond acceptors (Lipinski definition) is 2. The molecular weight excluding hydrogens is 425 g/mol. The number of rotatable bonds is 3. The lowest BCUT2D eigenvalue weighted by Gasteiger charge is -2.25. The highest BCUT2D eigenvalue weighted by Crippen LogP contribution is 2.33. The molecule has 1 aromatic heterocycles. The van der Waals surface area contributed by atoms with E-state index in [-0.39, 0.29) is 11.9 Å². The van der Waals surface area contributed by atoms with Crippen LogP contribution in [0.4, 0.5) is 0 Å². The average molecular weight is 443 g/mol. The van der Waals surface area contributed by atoms with Crippen molar-refractivity contribution in [3.05, 3.63) is 81.7 Å². The summed E-state index contributed by atoms with van der Waals surface area (Å²) in [5.74, 6) is 0.105. The van der Waals surface area contributed by atoms with Gasteiger partial charge in [-0.1, -0.05) is 12.1 Å². The van der Waals surface area contributed by atoms with Crippen molar-refractivity contribution in [3.8, 4) is 5.69 Å². The number of nitrogens with zero attached hydrogens (tertiary/aromatic N) is 3. The minimum Gasteiger partial charge on any atom is -0.332 e. The van der Waals surface area contributed by atoms with Crippen LogP contribution in [-0.2, 0) is 0 Å². The van der Waals surface area contributed by atoms with Gasteiger partial charge in [-0.05, 0) is 83.5 Å². The lowest BCUT2D eigenvalue weighted by Crippen LogP contribution is -2.30. The zero-order chi connectivity index (χ0) is 17.2. The van der Waals surface area contributed by atoms with Crippen molar-refractivity contribution in [1.82, 2.24) is 14.7 Å². The van der Waals surface area contributed by atoms with Crippen molar-refractivity contribution < 1.29 is 4.79 Å². The van der Waals surface area contributed by atoms with E-state index < -0.39 is 0 Å². The van der Waals surface area contributed by atoms with Crippen LogP contribution in [-0.4, -0.2) is 27.1 Å². The fourth-order valence-electron chi connectivity index (χ4n) is 3.39. The van der Waals surface area contributed by atoms with Gasteiger partial charge < -0.3 is 4.90 Å². The van der Waals surface area contributed by atoms with Gasteiger partial charge in [-0.15, -0.1) is 0 Å². The van der Waals surface area contributed by atoms with Crippen molar-refractivity contribution in [2.24, 2.45) is 0 Å². The molecule has 0 unspecified atom stereocenters. The second-order valence-electron chi connectivity index (χ2n) is 6.21. The van der Waals surface area contributed by atoms with Crippen LogP contribution in [0.25, 0.3) is 5.69 Å². The highest BCUT2D eigenvalue weighted by Gasteiger charge is 2.30. The standard InChI is InChI=1S/C20H18IN3O/c21-17-8-4-15(5-9-17)19-3-1-13-23(19)20(25)16-6-10-18(11-7-16)24-14-2-12-22-24/h2,4-12,14,19H,1,3,13H2/t19-/m0/s1. The lowest BCUT2D eigenvalue weighted by molar-refractivity contribution is 0.0735. The van der Waals surface area contributed by atoms with Gasteiger partial charge in [-0.25, -0.2) is 4.68 Å². The maximum Gasteiger partial charge on any atom is 0.254 e. The number of aromatic nitrogens is 2. The third-order valence-electron chi connectivity index (χ3n) is 4.65. The second-order valence-corrected chi connectivity index (χ2v) is 7.45. The van der Waals surface area contributed by atoms with Crippen LogP contribution in [0.5, 0.6) is 0 Å². The molecule has 0 radical (unpaired) electrons. The molecule has 3 aromatic rings. The number of hydrogen-bond donors (Lipinski definition) is 0. The van der Waals surface area contributed by atoms with Crippen molar-refractivity contribution in [2.45, 2.75) is 18.9 Å². The van der Waals surface area contributed by atoms with Gasteiger partial charge in [0.25, 0.3) is 5.91 Å². The molecule has 0 saturated carbocycles. The van der Waals surface area contributed by atoms with Crippen molar-refractivity contribution in [3.63, 3.8) is 0 Å². The van der Waals surface area contributed by atoms with Crippen LogP contribution in [0, 0.1) is 3.57 Å². The Balaban J connectivity index is 1.56. The summed E-state index contributed by atoms with van der Waals surface area (Å²) in [5.41, 5.74) is 2.91. The smallest absolute Gasteiger partial charge is 0.254 e. The number of benzene rings is 2. The van der Waals surface area contributed by atoms with Gasteiger partial charge in [0.2, 0.25) is 0 Å². The molecule has 25 heavy (non-hydrogen) atoms. The van der Waals surface area contributed by atoms with Crippen LogP contribution < -0.4 is 0 Å². The summed E-state index contributed by atoms with van der Waals surface area (Å²) in [7, 11) is 0. The van der Waals surface area contributed by atoms with Crippen LogP contribution in [0.3, 0.4) is 0 Å². The highest BCUT2D eigenvalue weighted by molar-refractivity contribution is 14.1. The summed E-state index contributed by atoms with van der Waals surface area (Å²) in [4.78, 5) is 15.0. The SMILES string of the molecule is O=C(c1ccc(-n2cccn2)cc1)N1CCC[C@H]1c1ccc(I)cc1. The van der Waals surface area contributed by atoms with E-state index in [2.05, 4.69) is 52.0 Å². The minimum absolute atomic E-state index is 0.105. The average Bonchev–Trinajstić information content (AvgIpc) is 3.34. The molecule has 1 amide bonds. The van der Waals surface area contributed by atoms with E-state index in [4.69, 9.17) is 0 Å². The van der Waals surface area contributed by atoms with E-state index in [9.17, 15) is 4.79 Å². The number of halogens is 1. The molecular formula is C20H18IN3O. The van der Waals surface area contributed by atoms with E-state index >= 15 is 0 Å². The molecule has 0 aliphatic carbocycles. The van der Waals surface area contributed by atoms with E-state index in [1.165, 1.54) is 9.13 Å². The van der Waals surface area contributed by atoms with Crippen LogP contribution in [0.2, 0.25) is 0 Å². The molecule has 126 valence electrons. The molecule has 5 heteroatoms. The van der Waals surface area contributed by atoms with E-state index in [0.29, 0.717) is 0 Å². The highest BCUT2D eigenvalue weighted by atomic mass is 127. The summed E-state index contributed by atoms with van der Waals surface area (Å²) in [6.45, 7) is 0.816. The predicted octanol–water partition coefficient (Wildman–Crippen LogP) is 4.45. The fraction of sp³-hybridized carbons (Fsp3) is 0.200. The first-order chi connectivity index (χ1) is 12.2. The Morgan fingerprint density at radius 2 is 1.84 bits per heavy atom. The molecule has 0 bridgehead atoms. The molecule has 0 spiro atoms. The number of carbonyl (C=O) groups excluding carboxylic acids is 1. The fourth-order valence-corrected chi connectivity index (χ4v) is 3.74. The molecule has 1 aliphatic heterocycles. The Morgan fingerprint density at radius 3 is 2.52 bits per heavy atom. The number of likely N-dealkylation sites (tertiary alicyclic amines) is 1. The van der Waals surface area contributed by atoms with Gasteiger partial charge in [0.1, 0.15) is 0 Å². The molecule has 4 nitrogen and oxygen atoms in total.